The van der Waals surface area contributed by atoms with Gasteiger partial charge in [-0.05, 0) is 72.5 Å². The summed E-state index contributed by atoms with van der Waals surface area (Å²) in [4.78, 5) is 15.0. The summed E-state index contributed by atoms with van der Waals surface area (Å²) < 4.78 is 80.8. The highest BCUT2D eigenvalue weighted by Gasteiger charge is 2.32. The van der Waals surface area contributed by atoms with Gasteiger partial charge in [0.1, 0.15) is 0 Å². The Kier molecular flexibility index (Phi) is 9.70. The third-order valence-electron chi connectivity index (χ3n) is 7.38. The van der Waals surface area contributed by atoms with Crippen molar-refractivity contribution in [2.75, 3.05) is 30.7 Å². The molecule has 0 saturated carbocycles. The molecule has 0 radical (unpaired) electrons. The van der Waals surface area contributed by atoms with E-state index >= 15 is 0 Å². The van der Waals surface area contributed by atoms with Crippen molar-refractivity contribution in [1.82, 2.24) is 5.32 Å². The van der Waals surface area contributed by atoms with Gasteiger partial charge >= 0.3 is 6.18 Å². The van der Waals surface area contributed by atoms with Crippen molar-refractivity contribution in [3.63, 3.8) is 0 Å². The fourth-order valence-electron chi connectivity index (χ4n) is 4.98. The number of carbonyl (C=O) groups is 1. The average molecular weight is 593 g/mol. The first kappa shape index (κ1) is 30.5. The maximum absolute atomic E-state index is 13.0. The van der Waals surface area contributed by atoms with Crippen LogP contribution in [0.3, 0.4) is 0 Å². The van der Waals surface area contributed by atoms with Crippen molar-refractivity contribution in [2.45, 2.75) is 49.3 Å². The summed E-state index contributed by atoms with van der Waals surface area (Å²) in [6.45, 7) is 1.55. The number of amides is 1. The number of ether oxygens (including phenoxy) is 1. The van der Waals surface area contributed by atoms with E-state index in [1.165, 1.54) is 24.3 Å². The molecule has 1 N–H and O–H groups in total. The summed E-state index contributed by atoms with van der Waals surface area (Å²) >= 11 is 0. The molecule has 220 valence electrons. The molecular formula is C30H32F4N2O4S. The topological polar surface area (TPSA) is 75.7 Å². The van der Waals surface area contributed by atoms with Crippen molar-refractivity contribution in [1.29, 1.82) is 0 Å². The molecule has 41 heavy (non-hydrogen) atoms. The Bertz CT molecular complexity index is 1410. The maximum Gasteiger partial charge on any atom is 0.416 e. The van der Waals surface area contributed by atoms with Crippen LogP contribution in [0.4, 0.5) is 23.2 Å². The molecule has 0 spiro atoms. The Hall–Kier alpha value is -3.44. The van der Waals surface area contributed by atoms with Gasteiger partial charge in [0.15, 0.2) is 16.7 Å². The summed E-state index contributed by atoms with van der Waals surface area (Å²) in [7, 11) is -3.30. The molecule has 1 aliphatic rings. The number of halogens is 4. The molecule has 1 saturated heterocycles. The van der Waals surface area contributed by atoms with Gasteiger partial charge in [-0.3, -0.25) is 4.79 Å². The molecule has 1 unspecified atom stereocenters. The lowest BCUT2D eigenvalue weighted by molar-refractivity contribution is -0.137. The minimum Gasteiger partial charge on any atom is -0.366 e. The second-order valence-corrected chi connectivity index (χ2v) is 12.2. The van der Waals surface area contributed by atoms with E-state index in [-0.39, 0.29) is 41.7 Å². The smallest absolute Gasteiger partial charge is 0.366 e. The molecule has 0 bridgehead atoms. The van der Waals surface area contributed by atoms with E-state index in [1.54, 1.807) is 43.3 Å². The van der Waals surface area contributed by atoms with Crippen molar-refractivity contribution in [3.8, 4) is 0 Å². The Labute approximate surface area is 237 Å². The van der Waals surface area contributed by atoms with Gasteiger partial charge in [0.25, 0.3) is 5.91 Å². The maximum atomic E-state index is 13.0. The average Bonchev–Trinajstić information content (AvgIpc) is 2.98. The summed E-state index contributed by atoms with van der Waals surface area (Å²) in [5.74, 6) is -0.323. The number of carbonyl (C=O) groups excluding carboxylic acids is 1. The number of hydrogen-bond donors (Lipinski definition) is 1. The van der Waals surface area contributed by atoms with Gasteiger partial charge in [-0.15, -0.1) is 0 Å². The van der Waals surface area contributed by atoms with Gasteiger partial charge in [-0.25, -0.2) is 12.8 Å². The van der Waals surface area contributed by atoms with Crippen LogP contribution in [0.2, 0.25) is 0 Å². The van der Waals surface area contributed by atoms with Crippen LogP contribution in [0, 0.1) is 0 Å². The van der Waals surface area contributed by atoms with E-state index in [1.807, 2.05) is 0 Å². The molecule has 4 rings (SSSR count). The van der Waals surface area contributed by atoms with Crippen LogP contribution in [0.15, 0.2) is 77.7 Å². The Morgan fingerprint density at radius 3 is 2.22 bits per heavy atom. The standard InChI is InChI=1S/C30H32F4N2O4S/c1-2-41(38,39)28-15-3-21(4-16-28)17-35-29(37)23-7-12-26(13-8-23)36-18-24(9-14-27(36)19-40-20-31)22-5-10-25(11-6-22)30(32,33)34/h3-8,10-13,15-16,24,27H,2,9,14,17-20H2,1H3,(H,35,37)/t24?,27-/m0/s1. The second-order valence-electron chi connectivity index (χ2n) is 9.96. The number of rotatable bonds is 10. The minimum absolute atomic E-state index is 0.00976. The number of anilines is 1. The molecule has 1 fully saturated rings. The lowest BCUT2D eigenvalue weighted by Crippen LogP contribution is -2.45. The number of benzene rings is 3. The van der Waals surface area contributed by atoms with Gasteiger partial charge in [-0.2, -0.15) is 13.2 Å². The van der Waals surface area contributed by atoms with Crippen LogP contribution in [0.1, 0.15) is 52.7 Å². The fourth-order valence-corrected chi connectivity index (χ4v) is 5.87. The lowest BCUT2D eigenvalue weighted by Gasteiger charge is -2.41. The van der Waals surface area contributed by atoms with Gasteiger partial charge in [0.2, 0.25) is 0 Å². The fraction of sp³-hybridized carbons (Fsp3) is 0.367. The lowest BCUT2D eigenvalue weighted by atomic mass is 9.86. The largest absolute Gasteiger partial charge is 0.416 e. The number of nitrogens with zero attached hydrogens (tertiary/aromatic N) is 1. The quantitative estimate of drug-likeness (QED) is 0.287. The number of piperidine rings is 1. The van der Waals surface area contributed by atoms with E-state index in [0.29, 0.717) is 24.9 Å². The number of nitrogens with one attached hydrogen (secondary N) is 1. The predicted molar refractivity (Wildman–Crippen MR) is 148 cm³/mol. The van der Waals surface area contributed by atoms with Crippen LogP contribution in [0.25, 0.3) is 0 Å². The zero-order valence-electron chi connectivity index (χ0n) is 22.5. The molecule has 2 atom stereocenters. The first-order valence-corrected chi connectivity index (χ1v) is 14.9. The molecule has 0 aromatic heterocycles. The monoisotopic (exact) mass is 592 g/mol. The Morgan fingerprint density at radius 2 is 1.63 bits per heavy atom. The molecule has 3 aromatic rings. The Morgan fingerprint density at radius 1 is 0.976 bits per heavy atom. The zero-order valence-corrected chi connectivity index (χ0v) is 23.3. The van der Waals surface area contributed by atoms with Crippen LogP contribution in [-0.4, -0.2) is 46.1 Å². The van der Waals surface area contributed by atoms with E-state index in [2.05, 4.69) is 10.2 Å². The highest BCUT2D eigenvalue weighted by Crippen LogP contribution is 2.36. The van der Waals surface area contributed by atoms with Gasteiger partial charge in [0.05, 0.1) is 28.9 Å². The molecule has 0 aliphatic carbocycles. The number of sulfone groups is 1. The van der Waals surface area contributed by atoms with E-state index < -0.39 is 28.4 Å². The molecule has 3 aromatic carbocycles. The summed E-state index contributed by atoms with van der Waals surface area (Å²) in [5.41, 5.74) is 2.07. The van der Waals surface area contributed by atoms with E-state index in [4.69, 9.17) is 4.74 Å². The zero-order chi connectivity index (χ0) is 29.6. The van der Waals surface area contributed by atoms with Crippen LogP contribution in [0.5, 0.6) is 0 Å². The molecule has 1 aliphatic heterocycles. The van der Waals surface area contributed by atoms with Crippen molar-refractivity contribution < 1.29 is 35.5 Å². The molecule has 1 amide bonds. The van der Waals surface area contributed by atoms with Crippen molar-refractivity contribution in [3.05, 3.63) is 95.1 Å². The summed E-state index contributed by atoms with van der Waals surface area (Å²) in [5, 5.41) is 2.82. The van der Waals surface area contributed by atoms with Crippen molar-refractivity contribution >= 4 is 21.4 Å². The third-order valence-corrected chi connectivity index (χ3v) is 9.13. The third kappa shape index (κ3) is 7.65. The van der Waals surface area contributed by atoms with E-state index in [0.717, 1.165) is 28.9 Å². The van der Waals surface area contributed by atoms with Gasteiger partial charge < -0.3 is 15.0 Å². The van der Waals surface area contributed by atoms with Crippen LogP contribution < -0.4 is 10.2 Å². The van der Waals surface area contributed by atoms with Gasteiger partial charge in [-0.1, -0.05) is 31.2 Å². The predicted octanol–water partition coefficient (Wildman–Crippen LogP) is 6.13. The number of hydrogen-bond acceptors (Lipinski definition) is 5. The summed E-state index contributed by atoms with van der Waals surface area (Å²) in [6.07, 6.45) is -3.03. The summed E-state index contributed by atoms with van der Waals surface area (Å²) in [6, 6.07) is 18.4. The highest BCUT2D eigenvalue weighted by molar-refractivity contribution is 7.91. The molecular weight excluding hydrogens is 560 g/mol. The number of alkyl halides is 4. The van der Waals surface area contributed by atoms with Crippen LogP contribution >= 0.6 is 0 Å². The second kappa shape index (κ2) is 13.0. The van der Waals surface area contributed by atoms with Gasteiger partial charge in [0, 0.05) is 30.3 Å². The highest BCUT2D eigenvalue weighted by atomic mass is 32.2. The molecule has 11 heteroatoms. The molecule has 1 heterocycles. The first-order chi connectivity index (χ1) is 19.5. The molecule has 6 nitrogen and oxygen atoms in total. The minimum atomic E-state index is -4.40. The van der Waals surface area contributed by atoms with Crippen LogP contribution in [-0.2, 0) is 27.3 Å². The van der Waals surface area contributed by atoms with E-state index in [9.17, 15) is 30.8 Å². The SMILES string of the molecule is CCS(=O)(=O)c1ccc(CNC(=O)c2ccc(N3CC(c4ccc(C(F)(F)F)cc4)CC[C@H]3COCF)cc2)cc1. The normalized spacial score (nSPS) is 17.8. The van der Waals surface area contributed by atoms with Crippen molar-refractivity contribution in [2.24, 2.45) is 0 Å². The first-order valence-electron chi connectivity index (χ1n) is 13.3. The Balaban J connectivity index is 1.43.